The van der Waals surface area contributed by atoms with Gasteiger partial charge in [-0.25, -0.2) is 4.39 Å². The molecule has 1 atom stereocenters. The third-order valence-corrected chi connectivity index (χ3v) is 5.46. The fourth-order valence-corrected chi connectivity index (χ4v) is 3.50. The van der Waals surface area contributed by atoms with Crippen LogP contribution in [0, 0.1) is 5.82 Å². The number of carbonyl (C=O) groups excluding carboxylic acids is 1. The molecule has 1 aromatic rings. The second-order valence-corrected chi connectivity index (χ2v) is 7.27. The van der Waals surface area contributed by atoms with Crippen molar-refractivity contribution in [1.29, 1.82) is 0 Å². The fraction of sp³-hybridized carbons (Fsp3) is 0.632. The molecular formula is C19H28FN3O. The maximum Gasteiger partial charge on any atom is 0.230 e. The van der Waals surface area contributed by atoms with Crippen molar-refractivity contribution in [3.63, 3.8) is 0 Å². The van der Waals surface area contributed by atoms with Gasteiger partial charge in [0, 0.05) is 38.8 Å². The molecule has 1 amide bonds. The van der Waals surface area contributed by atoms with Crippen LogP contribution in [0.5, 0.6) is 0 Å². The molecule has 4 nitrogen and oxygen atoms in total. The van der Waals surface area contributed by atoms with Crippen molar-refractivity contribution in [1.82, 2.24) is 15.1 Å². The molecule has 0 spiro atoms. The third kappa shape index (κ3) is 3.78. The number of carbonyl (C=O) groups is 1. The number of benzene rings is 1. The summed E-state index contributed by atoms with van der Waals surface area (Å²) in [4.78, 5) is 17.6. The molecule has 1 N–H and O–H groups in total. The summed E-state index contributed by atoms with van der Waals surface area (Å²) >= 11 is 0. The Labute approximate surface area is 144 Å². The van der Waals surface area contributed by atoms with Gasteiger partial charge in [-0.2, -0.15) is 0 Å². The Morgan fingerprint density at radius 3 is 2.58 bits per heavy atom. The van der Waals surface area contributed by atoms with Crippen molar-refractivity contribution in [3.8, 4) is 0 Å². The van der Waals surface area contributed by atoms with Crippen LogP contribution in [0.1, 0.15) is 31.7 Å². The first-order valence-electron chi connectivity index (χ1n) is 9.01. The molecule has 0 unspecified atom stereocenters. The largest absolute Gasteiger partial charge is 0.351 e. The molecule has 1 saturated carbocycles. The number of likely N-dealkylation sites (N-methyl/N-ethyl adjacent to an activating group) is 1. The minimum atomic E-state index is -0.502. The molecule has 0 aromatic heterocycles. The summed E-state index contributed by atoms with van der Waals surface area (Å²) in [6.45, 7) is 7.28. The second-order valence-electron chi connectivity index (χ2n) is 7.27. The van der Waals surface area contributed by atoms with Crippen molar-refractivity contribution in [2.45, 2.75) is 37.6 Å². The van der Waals surface area contributed by atoms with Gasteiger partial charge in [0.15, 0.2) is 0 Å². The zero-order chi connectivity index (χ0) is 17.2. The second kappa shape index (κ2) is 7.19. The van der Waals surface area contributed by atoms with Crippen molar-refractivity contribution in [3.05, 3.63) is 35.6 Å². The molecule has 0 radical (unpaired) electrons. The van der Waals surface area contributed by atoms with E-state index in [0.717, 1.165) is 57.5 Å². The lowest BCUT2D eigenvalue weighted by atomic mass is 9.94. The molecule has 1 aromatic carbocycles. The van der Waals surface area contributed by atoms with Crippen LogP contribution in [0.4, 0.5) is 4.39 Å². The monoisotopic (exact) mass is 333 g/mol. The number of amides is 1. The molecule has 2 fully saturated rings. The lowest BCUT2D eigenvalue weighted by Crippen LogP contribution is -2.51. The molecule has 2 aliphatic rings. The minimum Gasteiger partial charge on any atom is -0.351 e. The van der Waals surface area contributed by atoms with E-state index in [1.807, 2.05) is 6.07 Å². The van der Waals surface area contributed by atoms with Gasteiger partial charge in [0.2, 0.25) is 5.91 Å². The summed E-state index contributed by atoms with van der Waals surface area (Å²) in [5, 5.41) is 3.23. The van der Waals surface area contributed by atoms with Gasteiger partial charge in [-0.1, -0.05) is 19.1 Å². The first-order chi connectivity index (χ1) is 11.5. The van der Waals surface area contributed by atoms with Crippen LogP contribution in [-0.4, -0.2) is 61.5 Å². The molecule has 1 heterocycles. The quantitative estimate of drug-likeness (QED) is 0.865. The molecule has 132 valence electrons. The van der Waals surface area contributed by atoms with Crippen LogP contribution < -0.4 is 5.32 Å². The predicted octanol–water partition coefficient (Wildman–Crippen LogP) is 2.00. The summed E-state index contributed by atoms with van der Waals surface area (Å²) < 4.78 is 13.5. The smallest absolute Gasteiger partial charge is 0.230 e. The Kier molecular flexibility index (Phi) is 5.21. The number of piperazine rings is 1. The van der Waals surface area contributed by atoms with Gasteiger partial charge < -0.3 is 10.2 Å². The van der Waals surface area contributed by atoms with E-state index in [4.69, 9.17) is 0 Å². The van der Waals surface area contributed by atoms with Crippen LogP contribution in [0.3, 0.4) is 0 Å². The summed E-state index contributed by atoms with van der Waals surface area (Å²) in [6, 6.07) is 6.66. The Balaban J connectivity index is 1.60. The van der Waals surface area contributed by atoms with E-state index in [1.54, 1.807) is 6.07 Å². The van der Waals surface area contributed by atoms with E-state index in [9.17, 15) is 9.18 Å². The van der Waals surface area contributed by atoms with Crippen molar-refractivity contribution >= 4 is 5.91 Å². The lowest BCUT2D eigenvalue weighted by molar-refractivity contribution is -0.124. The number of hydrogen-bond donors (Lipinski definition) is 1. The highest BCUT2D eigenvalue weighted by molar-refractivity contribution is 5.91. The normalized spacial score (nSPS) is 22.1. The summed E-state index contributed by atoms with van der Waals surface area (Å²) in [5.41, 5.74) is 0.312. The van der Waals surface area contributed by atoms with Crippen molar-refractivity contribution < 1.29 is 9.18 Å². The fourth-order valence-electron chi connectivity index (χ4n) is 3.50. The van der Waals surface area contributed by atoms with E-state index in [-0.39, 0.29) is 17.8 Å². The molecule has 0 bridgehead atoms. The number of hydrogen-bond acceptors (Lipinski definition) is 3. The Morgan fingerprint density at radius 1 is 1.29 bits per heavy atom. The van der Waals surface area contributed by atoms with E-state index >= 15 is 0 Å². The topological polar surface area (TPSA) is 35.6 Å². The van der Waals surface area contributed by atoms with Gasteiger partial charge in [-0.05, 0) is 44.0 Å². The first kappa shape index (κ1) is 17.4. The minimum absolute atomic E-state index is 0.0640. The van der Waals surface area contributed by atoms with Crippen LogP contribution in [0.25, 0.3) is 0 Å². The lowest BCUT2D eigenvalue weighted by Gasteiger charge is -2.35. The van der Waals surface area contributed by atoms with E-state index < -0.39 is 5.41 Å². The summed E-state index contributed by atoms with van der Waals surface area (Å²) in [6.07, 6.45) is 2.54. The zero-order valence-electron chi connectivity index (χ0n) is 14.7. The average Bonchev–Trinajstić information content (AvgIpc) is 3.38. The standard InChI is InChI=1S/C19H28FN3O/c1-3-17(14-23-11-9-22(2)10-12-23)21-18(24)19(7-8-19)15-5-4-6-16(20)13-15/h4-6,13,17H,3,7-12,14H2,1-2H3,(H,21,24)/t17-/m0/s1. The van der Waals surface area contributed by atoms with Gasteiger partial charge in [-0.15, -0.1) is 0 Å². The van der Waals surface area contributed by atoms with Gasteiger partial charge in [0.05, 0.1) is 5.41 Å². The Hall–Kier alpha value is -1.46. The molecule has 1 aliphatic carbocycles. The molecule has 3 rings (SSSR count). The molecule has 5 heteroatoms. The molecule has 1 saturated heterocycles. The zero-order valence-corrected chi connectivity index (χ0v) is 14.7. The Bertz CT molecular complexity index is 580. The van der Waals surface area contributed by atoms with Gasteiger partial charge in [-0.3, -0.25) is 9.69 Å². The molecule has 1 aliphatic heterocycles. The highest BCUT2D eigenvalue weighted by Crippen LogP contribution is 2.48. The van der Waals surface area contributed by atoms with Crippen molar-refractivity contribution in [2.24, 2.45) is 0 Å². The van der Waals surface area contributed by atoms with E-state index in [2.05, 4.69) is 29.1 Å². The average molecular weight is 333 g/mol. The van der Waals surface area contributed by atoms with Crippen LogP contribution in [-0.2, 0) is 10.2 Å². The maximum absolute atomic E-state index is 13.5. The SMILES string of the molecule is CC[C@@H](CN1CCN(C)CC1)NC(=O)C1(c2cccc(F)c2)CC1. The van der Waals surface area contributed by atoms with Crippen molar-refractivity contribution in [2.75, 3.05) is 39.8 Å². The highest BCUT2D eigenvalue weighted by Gasteiger charge is 2.51. The molecular weight excluding hydrogens is 305 g/mol. The van der Waals surface area contributed by atoms with Gasteiger partial charge >= 0.3 is 0 Å². The van der Waals surface area contributed by atoms with Gasteiger partial charge in [0.1, 0.15) is 5.82 Å². The number of nitrogens with zero attached hydrogens (tertiary/aromatic N) is 2. The predicted molar refractivity (Wildman–Crippen MR) is 93.5 cm³/mol. The van der Waals surface area contributed by atoms with Crippen LogP contribution in [0.2, 0.25) is 0 Å². The summed E-state index contributed by atoms with van der Waals surface area (Å²) in [5.74, 6) is -0.204. The number of nitrogens with one attached hydrogen (secondary N) is 1. The van der Waals surface area contributed by atoms with Gasteiger partial charge in [0.25, 0.3) is 0 Å². The first-order valence-corrected chi connectivity index (χ1v) is 9.01. The van der Waals surface area contributed by atoms with Crippen LogP contribution >= 0.6 is 0 Å². The Morgan fingerprint density at radius 2 is 2.00 bits per heavy atom. The third-order valence-electron chi connectivity index (χ3n) is 5.46. The van der Waals surface area contributed by atoms with Crippen LogP contribution in [0.15, 0.2) is 24.3 Å². The highest BCUT2D eigenvalue weighted by atomic mass is 19.1. The number of rotatable bonds is 6. The number of halogens is 1. The summed E-state index contributed by atoms with van der Waals surface area (Å²) in [7, 11) is 2.15. The van der Waals surface area contributed by atoms with E-state index in [1.165, 1.54) is 12.1 Å². The van der Waals surface area contributed by atoms with E-state index in [0.29, 0.717) is 0 Å². The molecule has 24 heavy (non-hydrogen) atoms. The maximum atomic E-state index is 13.5.